The average Bonchev–Trinajstić information content (AvgIpc) is 2.18. The summed E-state index contributed by atoms with van der Waals surface area (Å²) < 4.78 is 42.8. The summed E-state index contributed by atoms with van der Waals surface area (Å²) in [6, 6.07) is 1.87. The number of benzene rings is 1. The van der Waals surface area contributed by atoms with Gasteiger partial charge in [-0.15, -0.1) is 0 Å². The first kappa shape index (κ1) is 13.6. The molecule has 0 saturated carbocycles. The molecular weight excluding hydrogens is 237 g/mol. The molecule has 0 aliphatic rings. The topological polar surface area (TPSA) is 49.7 Å². The highest BCUT2D eigenvalue weighted by molar-refractivity contribution is 5.51. The number of phenols is 1. The molecule has 0 fully saturated rings. The lowest BCUT2D eigenvalue weighted by Gasteiger charge is -2.17. The van der Waals surface area contributed by atoms with Crippen LogP contribution in [0.4, 0.5) is 13.2 Å². The van der Waals surface area contributed by atoms with Gasteiger partial charge in [-0.25, -0.2) is 0 Å². The third-order valence-electron chi connectivity index (χ3n) is 2.27. The lowest BCUT2D eigenvalue weighted by Crippen LogP contribution is -2.14. The fourth-order valence-electron chi connectivity index (χ4n) is 1.55. The first-order chi connectivity index (χ1) is 7.77. The van der Waals surface area contributed by atoms with Crippen LogP contribution in [-0.4, -0.2) is 23.4 Å². The Labute approximate surface area is 96.5 Å². The summed E-state index contributed by atoms with van der Waals surface area (Å²) in [5.74, 6) is -0.628. The quantitative estimate of drug-likeness (QED) is 0.865. The number of aliphatic hydroxyl groups excluding tert-OH is 1. The molecule has 96 valence electrons. The van der Waals surface area contributed by atoms with Crippen molar-refractivity contribution in [2.24, 2.45) is 0 Å². The van der Waals surface area contributed by atoms with Gasteiger partial charge in [0.15, 0.2) is 11.5 Å². The van der Waals surface area contributed by atoms with E-state index in [-0.39, 0.29) is 17.7 Å². The van der Waals surface area contributed by atoms with Crippen LogP contribution in [0.3, 0.4) is 0 Å². The zero-order valence-corrected chi connectivity index (χ0v) is 9.38. The molecule has 2 N–H and O–H groups in total. The molecule has 1 unspecified atom stereocenters. The molecule has 0 radical (unpaired) electrons. The second-order valence-corrected chi connectivity index (χ2v) is 3.69. The van der Waals surface area contributed by atoms with Crippen molar-refractivity contribution in [3.8, 4) is 11.5 Å². The molecule has 0 aliphatic heterocycles. The fraction of sp³-hybridized carbons (Fsp3) is 0.455. The number of methoxy groups -OCH3 is 1. The van der Waals surface area contributed by atoms with Crippen molar-refractivity contribution < 1.29 is 28.1 Å². The third-order valence-corrected chi connectivity index (χ3v) is 2.27. The van der Waals surface area contributed by atoms with E-state index in [0.717, 1.165) is 12.1 Å². The molecule has 1 atom stereocenters. The van der Waals surface area contributed by atoms with Gasteiger partial charge < -0.3 is 14.9 Å². The fourth-order valence-corrected chi connectivity index (χ4v) is 1.55. The van der Waals surface area contributed by atoms with E-state index in [1.165, 1.54) is 14.0 Å². The Bertz CT molecular complexity index is 400. The number of hydrogen-bond donors (Lipinski definition) is 2. The van der Waals surface area contributed by atoms with Crippen LogP contribution in [0.15, 0.2) is 12.1 Å². The van der Waals surface area contributed by atoms with Gasteiger partial charge in [-0.3, -0.25) is 0 Å². The van der Waals surface area contributed by atoms with Crippen molar-refractivity contribution >= 4 is 0 Å². The standard InChI is InChI=1S/C11H13F3O3/c1-6(15)5-7-8(11(12,13)14)3-4-9(17-2)10(7)16/h3-4,6,15-16H,5H2,1-2H3. The molecule has 0 aliphatic carbocycles. The summed E-state index contributed by atoms with van der Waals surface area (Å²) in [6.45, 7) is 1.35. The first-order valence-corrected chi connectivity index (χ1v) is 4.91. The van der Waals surface area contributed by atoms with Gasteiger partial charge in [0.05, 0.1) is 18.8 Å². The second kappa shape index (κ2) is 4.83. The maximum Gasteiger partial charge on any atom is 0.416 e. The smallest absolute Gasteiger partial charge is 0.416 e. The maximum atomic E-state index is 12.7. The van der Waals surface area contributed by atoms with Crippen LogP contribution in [0, 0.1) is 0 Å². The summed E-state index contributed by atoms with van der Waals surface area (Å²) in [5.41, 5.74) is -1.32. The van der Waals surface area contributed by atoms with Crippen LogP contribution < -0.4 is 4.74 Å². The molecule has 0 aromatic heterocycles. The second-order valence-electron chi connectivity index (χ2n) is 3.69. The zero-order valence-electron chi connectivity index (χ0n) is 9.38. The summed E-state index contributed by atoms with van der Waals surface area (Å²) in [4.78, 5) is 0. The summed E-state index contributed by atoms with van der Waals surface area (Å²) in [5, 5.41) is 18.8. The average molecular weight is 250 g/mol. The van der Waals surface area contributed by atoms with Gasteiger partial charge in [0.2, 0.25) is 0 Å². The van der Waals surface area contributed by atoms with E-state index in [1.54, 1.807) is 0 Å². The molecule has 6 heteroatoms. The van der Waals surface area contributed by atoms with E-state index >= 15 is 0 Å². The molecule has 0 heterocycles. The van der Waals surface area contributed by atoms with Crippen molar-refractivity contribution in [1.29, 1.82) is 0 Å². The Morgan fingerprint density at radius 2 is 1.94 bits per heavy atom. The van der Waals surface area contributed by atoms with E-state index in [9.17, 15) is 18.3 Å². The van der Waals surface area contributed by atoms with E-state index in [2.05, 4.69) is 0 Å². The predicted molar refractivity (Wildman–Crippen MR) is 55.0 cm³/mol. The highest BCUT2D eigenvalue weighted by atomic mass is 19.4. The van der Waals surface area contributed by atoms with Crippen LogP contribution in [0.1, 0.15) is 18.1 Å². The van der Waals surface area contributed by atoms with Crippen molar-refractivity contribution in [1.82, 2.24) is 0 Å². The largest absolute Gasteiger partial charge is 0.504 e. The summed E-state index contributed by atoms with van der Waals surface area (Å²) in [6.07, 6.45) is -5.86. The molecule has 0 bridgehead atoms. The molecule has 17 heavy (non-hydrogen) atoms. The number of phenolic OH excluding ortho intramolecular Hbond substituents is 1. The molecule has 1 aromatic rings. The van der Waals surface area contributed by atoms with Gasteiger partial charge in [-0.2, -0.15) is 13.2 Å². The van der Waals surface area contributed by atoms with Crippen molar-refractivity contribution in [3.05, 3.63) is 23.3 Å². The number of halogens is 3. The molecular formula is C11H13F3O3. The molecule has 0 amide bonds. The summed E-state index contributed by atoms with van der Waals surface area (Å²) >= 11 is 0. The van der Waals surface area contributed by atoms with E-state index in [4.69, 9.17) is 9.84 Å². The minimum atomic E-state index is -4.58. The van der Waals surface area contributed by atoms with E-state index in [0.29, 0.717) is 0 Å². The van der Waals surface area contributed by atoms with Gasteiger partial charge in [0.25, 0.3) is 0 Å². The Hall–Kier alpha value is -1.43. The monoisotopic (exact) mass is 250 g/mol. The first-order valence-electron chi connectivity index (χ1n) is 4.91. The number of aromatic hydroxyl groups is 1. The lowest BCUT2D eigenvalue weighted by atomic mass is 10.00. The number of ether oxygens (including phenoxy) is 1. The molecule has 0 saturated heterocycles. The normalized spacial score (nSPS) is 13.5. The van der Waals surface area contributed by atoms with Gasteiger partial charge in [-0.1, -0.05) is 0 Å². The molecule has 1 rings (SSSR count). The van der Waals surface area contributed by atoms with Crippen molar-refractivity contribution in [2.75, 3.05) is 7.11 Å². The molecule has 0 spiro atoms. The van der Waals surface area contributed by atoms with Gasteiger partial charge >= 0.3 is 6.18 Å². The number of aliphatic hydroxyl groups is 1. The molecule has 3 nitrogen and oxygen atoms in total. The van der Waals surface area contributed by atoms with Crippen LogP contribution in [-0.2, 0) is 12.6 Å². The summed E-state index contributed by atoms with van der Waals surface area (Å²) in [7, 11) is 1.24. The van der Waals surface area contributed by atoms with E-state index < -0.39 is 23.6 Å². The Kier molecular flexibility index (Phi) is 3.87. The molecule has 1 aromatic carbocycles. The Morgan fingerprint density at radius 3 is 2.35 bits per heavy atom. The Balaban J connectivity index is 3.36. The minimum Gasteiger partial charge on any atom is -0.504 e. The lowest BCUT2D eigenvalue weighted by molar-refractivity contribution is -0.138. The number of hydrogen-bond acceptors (Lipinski definition) is 3. The van der Waals surface area contributed by atoms with Gasteiger partial charge in [0.1, 0.15) is 0 Å². The van der Waals surface area contributed by atoms with Crippen LogP contribution in [0.5, 0.6) is 11.5 Å². The SMILES string of the molecule is COc1ccc(C(F)(F)F)c(CC(C)O)c1O. The van der Waals surface area contributed by atoms with Crippen molar-refractivity contribution in [2.45, 2.75) is 25.6 Å². The van der Waals surface area contributed by atoms with Crippen LogP contribution in [0.2, 0.25) is 0 Å². The predicted octanol–water partition coefficient (Wildman–Crippen LogP) is 2.34. The van der Waals surface area contributed by atoms with Crippen LogP contribution in [0.25, 0.3) is 0 Å². The zero-order chi connectivity index (χ0) is 13.2. The van der Waals surface area contributed by atoms with Crippen LogP contribution >= 0.6 is 0 Å². The van der Waals surface area contributed by atoms with Gasteiger partial charge in [-0.05, 0) is 19.1 Å². The maximum absolute atomic E-state index is 12.7. The number of alkyl halides is 3. The number of rotatable bonds is 3. The highest BCUT2D eigenvalue weighted by Gasteiger charge is 2.35. The van der Waals surface area contributed by atoms with Gasteiger partial charge in [0, 0.05) is 12.0 Å². The highest BCUT2D eigenvalue weighted by Crippen LogP contribution is 2.40. The Morgan fingerprint density at radius 1 is 1.35 bits per heavy atom. The van der Waals surface area contributed by atoms with E-state index in [1.807, 2.05) is 0 Å². The third kappa shape index (κ3) is 3.03. The van der Waals surface area contributed by atoms with Crippen molar-refractivity contribution in [3.63, 3.8) is 0 Å². The minimum absolute atomic E-state index is 0.0475.